The van der Waals surface area contributed by atoms with Crippen LogP contribution in [-0.2, 0) is 13.0 Å². The number of thiazole rings is 1. The van der Waals surface area contributed by atoms with Crippen molar-refractivity contribution in [1.29, 1.82) is 0 Å². The van der Waals surface area contributed by atoms with Crippen LogP contribution in [0.5, 0.6) is 0 Å². The summed E-state index contributed by atoms with van der Waals surface area (Å²) in [6.07, 6.45) is 7.36. The van der Waals surface area contributed by atoms with E-state index in [0.29, 0.717) is 6.04 Å². The van der Waals surface area contributed by atoms with Crippen molar-refractivity contribution in [3.8, 4) is 0 Å². The van der Waals surface area contributed by atoms with Gasteiger partial charge in [0.15, 0.2) is 5.13 Å². The highest BCUT2D eigenvalue weighted by atomic mass is 32.1. The van der Waals surface area contributed by atoms with Crippen LogP contribution >= 0.6 is 11.3 Å². The summed E-state index contributed by atoms with van der Waals surface area (Å²) < 4.78 is 0. The normalized spacial score (nSPS) is 23.6. The van der Waals surface area contributed by atoms with E-state index in [1.165, 1.54) is 25.7 Å². The number of aryl methyl sites for hydroxylation is 1. The number of anilines is 1. The molecule has 2 rings (SSSR count). The van der Waals surface area contributed by atoms with Gasteiger partial charge in [0.05, 0.1) is 17.2 Å². The maximum atomic E-state index is 9.45. The van der Waals surface area contributed by atoms with Crippen molar-refractivity contribution in [3.63, 3.8) is 0 Å². The SMILES string of the molecule is CCCc1nc(N(C)C2CCCCC2C)sc1CO. The standard InChI is InChI=1S/C15H26N2OS/c1-4-7-12-14(10-18)19-15(16-12)17(3)13-9-6-5-8-11(13)2/h11,13,18H,4-10H2,1-3H3. The van der Waals surface area contributed by atoms with E-state index in [0.717, 1.165) is 34.5 Å². The number of hydrogen-bond acceptors (Lipinski definition) is 4. The molecule has 1 saturated carbocycles. The van der Waals surface area contributed by atoms with Crippen molar-refractivity contribution in [3.05, 3.63) is 10.6 Å². The van der Waals surface area contributed by atoms with E-state index in [2.05, 4.69) is 25.8 Å². The Morgan fingerprint density at radius 1 is 1.37 bits per heavy atom. The second-order valence-electron chi connectivity index (χ2n) is 5.71. The molecule has 108 valence electrons. The molecule has 0 amide bonds. The van der Waals surface area contributed by atoms with Crippen molar-refractivity contribution >= 4 is 16.5 Å². The molecule has 1 N–H and O–H groups in total. The lowest BCUT2D eigenvalue weighted by atomic mass is 9.85. The molecule has 1 fully saturated rings. The van der Waals surface area contributed by atoms with Crippen LogP contribution in [0.2, 0.25) is 0 Å². The molecular weight excluding hydrogens is 256 g/mol. The average Bonchev–Trinajstić information content (AvgIpc) is 2.82. The molecule has 1 aromatic heterocycles. The molecule has 0 bridgehead atoms. The molecule has 1 heterocycles. The number of nitrogens with zero attached hydrogens (tertiary/aromatic N) is 2. The second-order valence-corrected chi connectivity index (χ2v) is 6.78. The van der Waals surface area contributed by atoms with Crippen molar-refractivity contribution in [2.45, 2.75) is 65.0 Å². The van der Waals surface area contributed by atoms with Gasteiger partial charge in [-0.3, -0.25) is 0 Å². The lowest BCUT2D eigenvalue weighted by Crippen LogP contribution is -2.38. The lowest BCUT2D eigenvalue weighted by molar-refractivity contribution is 0.284. The minimum absolute atomic E-state index is 0.126. The lowest BCUT2D eigenvalue weighted by Gasteiger charge is -2.36. The van der Waals surface area contributed by atoms with E-state index in [1.807, 2.05) is 0 Å². The summed E-state index contributed by atoms with van der Waals surface area (Å²) in [7, 11) is 2.17. The first kappa shape index (κ1) is 14.8. The first-order valence-electron chi connectivity index (χ1n) is 7.49. The van der Waals surface area contributed by atoms with E-state index in [-0.39, 0.29) is 6.61 Å². The zero-order valence-corrected chi connectivity index (χ0v) is 13.2. The van der Waals surface area contributed by atoms with Crippen molar-refractivity contribution in [2.75, 3.05) is 11.9 Å². The van der Waals surface area contributed by atoms with Gasteiger partial charge in [0.2, 0.25) is 0 Å². The number of hydrogen-bond donors (Lipinski definition) is 1. The van der Waals surface area contributed by atoms with Crippen LogP contribution in [0.4, 0.5) is 5.13 Å². The summed E-state index contributed by atoms with van der Waals surface area (Å²) in [5.74, 6) is 0.745. The van der Waals surface area contributed by atoms with Crippen molar-refractivity contribution in [1.82, 2.24) is 4.98 Å². The van der Waals surface area contributed by atoms with E-state index in [1.54, 1.807) is 11.3 Å². The highest BCUT2D eigenvalue weighted by molar-refractivity contribution is 7.15. The highest BCUT2D eigenvalue weighted by Gasteiger charge is 2.27. The monoisotopic (exact) mass is 282 g/mol. The third-order valence-corrected chi connectivity index (χ3v) is 5.44. The van der Waals surface area contributed by atoms with Gasteiger partial charge in [0.1, 0.15) is 0 Å². The largest absolute Gasteiger partial charge is 0.391 e. The highest BCUT2D eigenvalue weighted by Crippen LogP contribution is 2.34. The van der Waals surface area contributed by atoms with Crippen LogP contribution < -0.4 is 4.90 Å². The predicted molar refractivity (Wildman–Crippen MR) is 81.9 cm³/mol. The molecule has 3 nitrogen and oxygen atoms in total. The fourth-order valence-electron chi connectivity index (χ4n) is 3.09. The topological polar surface area (TPSA) is 36.4 Å². The quantitative estimate of drug-likeness (QED) is 0.896. The summed E-state index contributed by atoms with van der Waals surface area (Å²) in [6.45, 7) is 4.64. The van der Waals surface area contributed by atoms with Gasteiger partial charge in [-0.1, -0.05) is 44.4 Å². The number of aliphatic hydroxyl groups excluding tert-OH is 1. The number of aliphatic hydroxyl groups is 1. The maximum Gasteiger partial charge on any atom is 0.185 e. The van der Waals surface area contributed by atoms with Gasteiger partial charge in [0.25, 0.3) is 0 Å². The van der Waals surface area contributed by atoms with Gasteiger partial charge in [-0.15, -0.1) is 0 Å². The van der Waals surface area contributed by atoms with Crippen LogP contribution in [0.25, 0.3) is 0 Å². The van der Waals surface area contributed by atoms with E-state index in [9.17, 15) is 5.11 Å². The molecule has 0 saturated heterocycles. The smallest absolute Gasteiger partial charge is 0.185 e. The Hall–Kier alpha value is -0.610. The Kier molecular flexibility index (Phi) is 5.22. The Bertz CT molecular complexity index is 405. The van der Waals surface area contributed by atoms with Crippen molar-refractivity contribution < 1.29 is 5.11 Å². The van der Waals surface area contributed by atoms with Crippen LogP contribution in [0.1, 0.15) is 56.5 Å². The minimum Gasteiger partial charge on any atom is -0.391 e. The van der Waals surface area contributed by atoms with Gasteiger partial charge in [-0.05, 0) is 25.2 Å². The fraction of sp³-hybridized carbons (Fsp3) is 0.800. The molecule has 0 spiro atoms. The second kappa shape index (κ2) is 6.71. The molecule has 1 aliphatic rings. The molecule has 0 radical (unpaired) electrons. The first-order chi connectivity index (χ1) is 9.17. The third kappa shape index (κ3) is 3.29. The summed E-state index contributed by atoms with van der Waals surface area (Å²) in [4.78, 5) is 8.17. The van der Waals surface area contributed by atoms with E-state index >= 15 is 0 Å². The Labute approximate surface area is 120 Å². The van der Waals surface area contributed by atoms with Crippen LogP contribution in [0.15, 0.2) is 0 Å². The molecule has 2 atom stereocenters. The van der Waals surface area contributed by atoms with Gasteiger partial charge >= 0.3 is 0 Å². The molecule has 4 heteroatoms. The summed E-state index contributed by atoms with van der Waals surface area (Å²) in [6, 6.07) is 0.612. The van der Waals surface area contributed by atoms with Gasteiger partial charge in [-0.2, -0.15) is 0 Å². The minimum atomic E-state index is 0.126. The first-order valence-corrected chi connectivity index (χ1v) is 8.31. The average molecular weight is 282 g/mol. The van der Waals surface area contributed by atoms with Gasteiger partial charge in [-0.25, -0.2) is 4.98 Å². The zero-order valence-electron chi connectivity index (χ0n) is 12.4. The predicted octanol–water partition coefficient (Wildman–Crippen LogP) is 3.60. The molecule has 0 aromatic carbocycles. The third-order valence-electron chi connectivity index (χ3n) is 4.26. The van der Waals surface area contributed by atoms with Crippen LogP contribution in [0.3, 0.4) is 0 Å². The Balaban J connectivity index is 2.15. The Morgan fingerprint density at radius 2 is 2.11 bits per heavy atom. The summed E-state index contributed by atoms with van der Waals surface area (Å²) >= 11 is 1.67. The van der Waals surface area contributed by atoms with Gasteiger partial charge in [0, 0.05) is 13.1 Å². The molecule has 19 heavy (non-hydrogen) atoms. The van der Waals surface area contributed by atoms with E-state index in [4.69, 9.17) is 4.98 Å². The molecule has 1 aliphatic carbocycles. The van der Waals surface area contributed by atoms with E-state index < -0.39 is 0 Å². The number of rotatable bonds is 5. The van der Waals surface area contributed by atoms with Gasteiger partial charge < -0.3 is 10.0 Å². The molecule has 0 aliphatic heterocycles. The maximum absolute atomic E-state index is 9.45. The summed E-state index contributed by atoms with van der Waals surface area (Å²) in [5, 5.41) is 10.5. The van der Waals surface area contributed by atoms with Crippen LogP contribution in [-0.4, -0.2) is 23.2 Å². The fourth-order valence-corrected chi connectivity index (χ4v) is 4.08. The van der Waals surface area contributed by atoms with Crippen molar-refractivity contribution in [2.24, 2.45) is 5.92 Å². The molecule has 2 unspecified atom stereocenters. The summed E-state index contributed by atoms with van der Waals surface area (Å²) in [5.41, 5.74) is 1.10. The molecular formula is C15H26N2OS. The zero-order chi connectivity index (χ0) is 13.8. The Morgan fingerprint density at radius 3 is 2.74 bits per heavy atom. The van der Waals surface area contributed by atoms with Crippen LogP contribution in [0, 0.1) is 5.92 Å². The number of aromatic nitrogens is 1. The molecule has 1 aromatic rings.